The van der Waals surface area contributed by atoms with E-state index in [1.807, 2.05) is 6.07 Å². The van der Waals surface area contributed by atoms with Crippen LogP contribution in [0.3, 0.4) is 0 Å². The van der Waals surface area contributed by atoms with E-state index in [1.165, 1.54) is 18.2 Å². The van der Waals surface area contributed by atoms with Crippen LogP contribution in [0.2, 0.25) is 5.02 Å². The van der Waals surface area contributed by atoms with Gasteiger partial charge in [-0.3, -0.25) is 0 Å². The molecule has 1 fully saturated rings. The first-order chi connectivity index (χ1) is 9.46. The molecule has 0 heterocycles. The Kier molecular flexibility index (Phi) is 4.66. The maximum Gasteiger partial charge on any atom is 0.242 e. The molecule has 1 N–H and O–H groups in total. The third-order valence-electron chi connectivity index (χ3n) is 3.39. The van der Waals surface area contributed by atoms with Crippen LogP contribution in [0.4, 0.5) is 0 Å². The van der Waals surface area contributed by atoms with E-state index in [9.17, 15) is 8.42 Å². The maximum atomic E-state index is 12.3. The van der Waals surface area contributed by atoms with Crippen molar-refractivity contribution in [2.75, 3.05) is 7.11 Å². The van der Waals surface area contributed by atoms with Crippen molar-refractivity contribution in [1.29, 1.82) is 5.26 Å². The molecule has 0 bridgehead atoms. The molecular weight excluding hydrogens is 300 g/mol. The Morgan fingerprint density at radius 1 is 1.45 bits per heavy atom. The second kappa shape index (κ2) is 6.10. The SMILES string of the molecule is COC1CCC(NS(=O)(=O)c2cc(C#N)ccc2Cl)C1. The molecule has 1 aliphatic rings. The molecule has 0 saturated heterocycles. The van der Waals surface area contributed by atoms with Crippen LogP contribution in [0.1, 0.15) is 24.8 Å². The second-order valence-electron chi connectivity index (χ2n) is 4.75. The zero-order valence-corrected chi connectivity index (χ0v) is 12.5. The lowest BCUT2D eigenvalue weighted by molar-refractivity contribution is 0.107. The molecule has 2 unspecified atom stereocenters. The second-order valence-corrected chi connectivity index (χ2v) is 6.84. The Labute approximate surface area is 123 Å². The van der Waals surface area contributed by atoms with Crippen LogP contribution >= 0.6 is 11.6 Å². The normalized spacial score (nSPS) is 22.6. The summed E-state index contributed by atoms with van der Waals surface area (Å²) < 4.78 is 32.5. The fraction of sp³-hybridized carbons (Fsp3) is 0.462. The standard InChI is InChI=1S/C13H15ClN2O3S/c1-19-11-4-3-10(7-11)16-20(17,18)13-6-9(8-15)2-5-12(13)14/h2,5-6,10-11,16H,3-4,7H2,1H3. The lowest BCUT2D eigenvalue weighted by Crippen LogP contribution is -2.33. The summed E-state index contributed by atoms with van der Waals surface area (Å²) in [6.45, 7) is 0. The van der Waals surface area contributed by atoms with Gasteiger partial charge in [-0.05, 0) is 37.5 Å². The van der Waals surface area contributed by atoms with Crippen LogP contribution in [-0.4, -0.2) is 27.7 Å². The first-order valence-corrected chi connectivity index (χ1v) is 8.07. The van der Waals surface area contributed by atoms with Gasteiger partial charge >= 0.3 is 0 Å². The van der Waals surface area contributed by atoms with Crippen molar-refractivity contribution in [3.63, 3.8) is 0 Å². The van der Waals surface area contributed by atoms with E-state index >= 15 is 0 Å². The zero-order chi connectivity index (χ0) is 14.8. The number of ether oxygens (including phenoxy) is 1. The molecule has 1 aromatic rings. The molecule has 20 heavy (non-hydrogen) atoms. The lowest BCUT2D eigenvalue weighted by Gasteiger charge is -2.14. The summed E-state index contributed by atoms with van der Waals surface area (Å²) in [7, 11) is -2.11. The molecule has 0 amide bonds. The van der Waals surface area contributed by atoms with E-state index in [0.717, 1.165) is 12.8 Å². The first-order valence-electron chi connectivity index (χ1n) is 6.21. The number of methoxy groups -OCH3 is 1. The molecule has 0 aromatic heterocycles. The van der Waals surface area contributed by atoms with E-state index < -0.39 is 10.0 Å². The number of hydrogen-bond acceptors (Lipinski definition) is 4. The van der Waals surface area contributed by atoms with Crippen molar-refractivity contribution in [1.82, 2.24) is 4.72 Å². The molecule has 5 nitrogen and oxygen atoms in total. The monoisotopic (exact) mass is 314 g/mol. The van der Waals surface area contributed by atoms with Crippen LogP contribution in [0.25, 0.3) is 0 Å². The predicted octanol–water partition coefficient (Wildman–Crippen LogP) is 2.06. The third-order valence-corrected chi connectivity index (χ3v) is 5.39. The van der Waals surface area contributed by atoms with Gasteiger partial charge in [-0.2, -0.15) is 5.26 Å². The van der Waals surface area contributed by atoms with Crippen molar-refractivity contribution >= 4 is 21.6 Å². The summed E-state index contributed by atoms with van der Waals surface area (Å²) in [5.41, 5.74) is 0.260. The Morgan fingerprint density at radius 3 is 2.80 bits per heavy atom. The zero-order valence-electron chi connectivity index (χ0n) is 11.0. The van der Waals surface area contributed by atoms with Crippen molar-refractivity contribution in [2.24, 2.45) is 0 Å². The Hall–Kier alpha value is -1.13. The highest BCUT2D eigenvalue weighted by Crippen LogP contribution is 2.26. The fourth-order valence-electron chi connectivity index (χ4n) is 2.32. The van der Waals surface area contributed by atoms with Gasteiger partial charge in [0, 0.05) is 13.2 Å². The maximum absolute atomic E-state index is 12.3. The number of halogens is 1. The smallest absolute Gasteiger partial charge is 0.242 e. The topological polar surface area (TPSA) is 79.2 Å². The minimum absolute atomic E-state index is 0.0564. The van der Waals surface area contributed by atoms with Gasteiger partial charge in [0.1, 0.15) is 4.90 Å². The molecule has 0 spiro atoms. The highest BCUT2D eigenvalue weighted by atomic mass is 35.5. The summed E-state index contributed by atoms with van der Waals surface area (Å²) in [6.07, 6.45) is 2.29. The number of sulfonamides is 1. The van der Waals surface area contributed by atoms with E-state index in [2.05, 4.69) is 4.72 Å². The van der Waals surface area contributed by atoms with Crippen LogP contribution in [-0.2, 0) is 14.8 Å². The Bertz CT molecular complexity index is 640. The predicted molar refractivity (Wildman–Crippen MR) is 74.9 cm³/mol. The molecule has 2 atom stereocenters. The molecule has 2 rings (SSSR count). The fourth-order valence-corrected chi connectivity index (χ4v) is 4.13. The summed E-state index contributed by atoms with van der Waals surface area (Å²) in [6, 6.07) is 5.93. The summed E-state index contributed by atoms with van der Waals surface area (Å²) in [4.78, 5) is -0.0564. The lowest BCUT2D eigenvalue weighted by atomic mass is 10.2. The number of nitriles is 1. The van der Waals surface area contributed by atoms with Gasteiger partial charge in [-0.1, -0.05) is 11.6 Å². The van der Waals surface area contributed by atoms with Crippen molar-refractivity contribution in [3.05, 3.63) is 28.8 Å². The van der Waals surface area contributed by atoms with Gasteiger partial charge in [-0.25, -0.2) is 13.1 Å². The molecular formula is C13H15ClN2O3S. The largest absolute Gasteiger partial charge is 0.381 e. The van der Waals surface area contributed by atoms with Crippen LogP contribution in [0.5, 0.6) is 0 Å². The van der Waals surface area contributed by atoms with Crippen LogP contribution in [0, 0.1) is 11.3 Å². The molecule has 1 aliphatic carbocycles. The number of nitrogens with zero attached hydrogens (tertiary/aromatic N) is 1. The van der Waals surface area contributed by atoms with Crippen molar-refractivity contribution < 1.29 is 13.2 Å². The molecule has 7 heteroatoms. The molecule has 0 aliphatic heterocycles. The number of hydrogen-bond donors (Lipinski definition) is 1. The highest BCUT2D eigenvalue weighted by molar-refractivity contribution is 7.89. The van der Waals surface area contributed by atoms with Crippen molar-refractivity contribution in [2.45, 2.75) is 36.3 Å². The number of rotatable bonds is 4. The van der Waals surface area contributed by atoms with Crippen LogP contribution in [0.15, 0.2) is 23.1 Å². The van der Waals surface area contributed by atoms with Gasteiger partial charge in [0.05, 0.1) is 22.8 Å². The summed E-state index contributed by atoms with van der Waals surface area (Å²) in [5, 5.41) is 8.95. The average molecular weight is 315 g/mol. The quantitative estimate of drug-likeness (QED) is 0.922. The highest BCUT2D eigenvalue weighted by Gasteiger charge is 2.29. The Morgan fingerprint density at radius 2 is 2.20 bits per heavy atom. The van der Waals surface area contributed by atoms with Gasteiger partial charge in [0.25, 0.3) is 0 Å². The van der Waals surface area contributed by atoms with Gasteiger partial charge < -0.3 is 4.74 Å². The van der Waals surface area contributed by atoms with Gasteiger partial charge in [0.2, 0.25) is 10.0 Å². The van der Waals surface area contributed by atoms with E-state index in [4.69, 9.17) is 21.6 Å². The Balaban J connectivity index is 2.21. The minimum atomic E-state index is -3.73. The molecule has 0 radical (unpaired) electrons. The van der Waals surface area contributed by atoms with Gasteiger partial charge in [0.15, 0.2) is 0 Å². The van der Waals surface area contributed by atoms with Crippen LogP contribution < -0.4 is 4.72 Å². The molecule has 1 aromatic carbocycles. The average Bonchev–Trinajstić information content (AvgIpc) is 2.86. The summed E-state index contributed by atoms with van der Waals surface area (Å²) in [5.74, 6) is 0. The van der Waals surface area contributed by atoms with Gasteiger partial charge in [-0.15, -0.1) is 0 Å². The first kappa shape index (κ1) is 15.3. The molecule has 1 saturated carbocycles. The molecule has 108 valence electrons. The number of benzene rings is 1. The summed E-state index contributed by atoms with van der Waals surface area (Å²) >= 11 is 5.93. The van der Waals surface area contributed by atoms with E-state index in [-0.39, 0.29) is 27.6 Å². The van der Waals surface area contributed by atoms with E-state index in [1.54, 1.807) is 7.11 Å². The minimum Gasteiger partial charge on any atom is -0.381 e. The number of nitrogens with one attached hydrogen (secondary N) is 1. The van der Waals surface area contributed by atoms with Crippen molar-refractivity contribution in [3.8, 4) is 6.07 Å². The third kappa shape index (κ3) is 3.30. The van der Waals surface area contributed by atoms with E-state index in [0.29, 0.717) is 6.42 Å².